The lowest BCUT2D eigenvalue weighted by Gasteiger charge is -2.04. The fraction of sp³-hybridized carbons (Fsp3) is 0.636. The van der Waals surface area contributed by atoms with E-state index in [-0.39, 0.29) is 6.61 Å². The van der Waals surface area contributed by atoms with E-state index in [1.807, 2.05) is 6.92 Å². The summed E-state index contributed by atoms with van der Waals surface area (Å²) in [4.78, 5) is 0. The topological polar surface area (TPSA) is 66.4 Å². The Kier molecular flexibility index (Phi) is 6.79. The van der Waals surface area contributed by atoms with Crippen LogP contribution in [0.3, 0.4) is 0 Å². The number of hydrogen-bond acceptors (Lipinski definition) is 4. The molecule has 1 aromatic rings. The Morgan fingerprint density at radius 2 is 2.00 bits per heavy atom. The number of aliphatic hydroxyl groups is 1. The lowest BCUT2D eigenvalue weighted by molar-refractivity contribution is 0.282. The first kappa shape index (κ1) is 16.1. The molecule has 2 N–H and O–H groups in total. The molecule has 0 unspecified atom stereocenters. The Morgan fingerprint density at radius 3 is 2.56 bits per heavy atom. The molecule has 0 aliphatic rings. The molecule has 104 valence electrons. The summed E-state index contributed by atoms with van der Waals surface area (Å²) in [7, 11) is -3.37. The molecule has 1 heterocycles. The van der Waals surface area contributed by atoms with Gasteiger partial charge in [-0.25, -0.2) is 13.1 Å². The first-order chi connectivity index (χ1) is 8.47. The molecule has 0 atom stereocenters. The summed E-state index contributed by atoms with van der Waals surface area (Å²) >= 11 is 4.55. The smallest absolute Gasteiger partial charge is 0.250 e. The van der Waals surface area contributed by atoms with Gasteiger partial charge in [0.15, 0.2) is 0 Å². The monoisotopic (exact) mass is 355 g/mol. The van der Waals surface area contributed by atoms with Gasteiger partial charge in [0, 0.05) is 13.2 Å². The van der Waals surface area contributed by atoms with E-state index in [4.69, 9.17) is 5.11 Å². The zero-order valence-corrected chi connectivity index (χ0v) is 13.5. The van der Waals surface area contributed by atoms with E-state index in [9.17, 15) is 8.42 Å². The quantitative estimate of drug-likeness (QED) is 0.704. The van der Waals surface area contributed by atoms with Gasteiger partial charge in [-0.3, -0.25) is 0 Å². The van der Waals surface area contributed by atoms with Gasteiger partial charge in [0.2, 0.25) is 10.0 Å². The molecule has 1 aromatic heterocycles. The minimum atomic E-state index is -3.37. The molecular formula is C11H18BrNO3S2. The molecule has 18 heavy (non-hydrogen) atoms. The van der Waals surface area contributed by atoms with Crippen molar-refractivity contribution in [2.45, 2.75) is 36.8 Å². The summed E-state index contributed by atoms with van der Waals surface area (Å²) in [5.41, 5.74) is 0.934. The molecule has 1 rings (SSSR count). The van der Waals surface area contributed by atoms with Crippen LogP contribution in [-0.4, -0.2) is 26.7 Å². The van der Waals surface area contributed by atoms with E-state index in [0.29, 0.717) is 10.8 Å². The van der Waals surface area contributed by atoms with E-state index in [2.05, 4.69) is 20.7 Å². The number of aliphatic hydroxyl groups excluding tert-OH is 1. The molecule has 0 aliphatic carbocycles. The van der Waals surface area contributed by atoms with Crippen LogP contribution in [0.4, 0.5) is 0 Å². The van der Waals surface area contributed by atoms with Crippen LogP contribution in [0.2, 0.25) is 0 Å². The van der Waals surface area contributed by atoms with Gasteiger partial charge in [-0.05, 0) is 47.3 Å². The lowest BCUT2D eigenvalue weighted by Crippen LogP contribution is -2.24. The zero-order valence-electron chi connectivity index (χ0n) is 10.3. The van der Waals surface area contributed by atoms with Crippen LogP contribution >= 0.6 is 27.3 Å². The van der Waals surface area contributed by atoms with Gasteiger partial charge in [0.25, 0.3) is 0 Å². The van der Waals surface area contributed by atoms with Gasteiger partial charge in [-0.1, -0.05) is 12.8 Å². The number of hydrogen-bond donors (Lipinski definition) is 2. The summed E-state index contributed by atoms with van der Waals surface area (Å²) in [5, 5.41) is 8.61. The van der Waals surface area contributed by atoms with Crippen LogP contribution in [0.15, 0.2) is 14.1 Å². The van der Waals surface area contributed by atoms with Gasteiger partial charge in [-0.2, -0.15) is 0 Å². The minimum Gasteiger partial charge on any atom is -0.396 e. The maximum Gasteiger partial charge on any atom is 0.250 e. The van der Waals surface area contributed by atoms with Gasteiger partial charge in [0.05, 0.1) is 3.79 Å². The molecule has 0 spiro atoms. The summed E-state index contributed by atoms with van der Waals surface area (Å²) in [6.45, 7) is 2.52. The minimum absolute atomic E-state index is 0.203. The number of aryl methyl sites for hydroxylation is 1. The fourth-order valence-corrected chi connectivity index (χ4v) is 4.78. The van der Waals surface area contributed by atoms with E-state index in [1.165, 1.54) is 11.3 Å². The van der Waals surface area contributed by atoms with Crippen LogP contribution in [0.25, 0.3) is 0 Å². The van der Waals surface area contributed by atoms with E-state index in [0.717, 1.165) is 35.0 Å². The third-order valence-corrected chi connectivity index (χ3v) is 6.55. The van der Waals surface area contributed by atoms with Crippen molar-refractivity contribution in [3.8, 4) is 0 Å². The van der Waals surface area contributed by atoms with Crippen molar-refractivity contribution >= 4 is 37.3 Å². The van der Waals surface area contributed by atoms with E-state index >= 15 is 0 Å². The standard InChI is InChI=1S/C11H18BrNO3S2/c1-9-8-10(17-11(9)12)18(15,16)13-6-4-2-3-5-7-14/h8,13-14H,2-7H2,1H3. The van der Waals surface area contributed by atoms with Crippen molar-refractivity contribution in [3.63, 3.8) is 0 Å². The van der Waals surface area contributed by atoms with Crippen LogP contribution in [-0.2, 0) is 10.0 Å². The number of nitrogens with one attached hydrogen (secondary N) is 1. The number of rotatable bonds is 8. The Bertz CT molecular complexity index is 451. The predicted octanol–water partition coefficient (Wildman–Crippen LogP) is 2.65. The highest BCUT2D eigenvalue weighted by molar-refractivity contribution is 9.11. The van der Waals surface area contributed by atoms with Crippen LogP contribution in [0.1, 0.15) is 31.2 Å². The Labute approximate surface area is 121 Å². The SMILES string of the molecule is Cc1cc(S(=O)(=O)NCCCCCCO)sc1Br. The van der Waals surface area contributed by atoms with Gasteiger partial charge < -0.3 is 5.11 Å². The number of sulfonamides is 1. The predicted molar refractivity (Wildman–Crippen MR) is 77.5 cm³/mol. The van der Waals surface area contributed by atoms with Crippen molar-refractivity contribution in [2.75, 3.05) is 13.2 Å². The molecular weight excluding hydrogens is 338 g/mol. The zero-order chi connectivity index (χ0) is 13.6. The molecule has 0 saturated carbocycles. The van der Waals surface area contributed by atoms with Gasteiger partial charge >= 0.3 is 0 Å². The van der Waals surface area contributed by atoms with E-state index < -0.39 is 10.0 Å². The third-order valence-electron chi connectivity index (χ3n) is 2.48. The normalized spacial score (nSPS) is 11.9. The molecule has 7 heteroatoms. The first-order valence-electron chi connectivity index (χ1n) is 5.84. The maximum atomic E-state index is 11.9. The van der Waals surface area contributed by atoms with Crippen molar-refractivity contribution < 1.29 is 13.5 Å². The molecule has 0 aliphatic heterocycles. The first-order valence-corrected chi connectivity index (χ1v) is 8.93. The summed E-state index contributed by atoms with van der Waals surface area (Å²) < 4.78 is 27.6. The highest BCUT2D eigenvalue weighted by atomic mass is 79.9. The maximum absolute atomic E-state index is 11.9. The molecule has 0 aromatic carbocycles. The Morgan fingerprint density at radius 1 is 1.33 bits per heavy atom. The average Bonchev–Trinajstić information content (AvgIpc) is 2.65. The Balaban J connectivity index is 2.41. The van der Waals surface area contributed by atoms with Gasteiger partial charge in [0.1, 0.15) is 4.21 Å². The van der Waals surface area contributed by atoms with Crippen molar-refractivity contribution in [1.82, 2.24) is 4.72 Å². The fourth-order valence-electron chi connectivity index (χ4n) is 1.43. The lowest BCUT2D eigenvalue weighted by atomic mass is 10.2. The third kappa shape index (κ3) is 4.97. The largest absolute Gasteiger partial charge is 0.396 e. The van der Waals surface area contributed by atoms with Crippen molar-refractivity contribution in [2.24, 2.45) is 0 Å². The van der Waals surface area contributed by atoms with Crippen LogP contribution in [0, 0.1) is 6.92 Å². The number of halogens is 1. The van der Waals surface area contributed by atoms with Crippen LogP contribution < -0.4 is 4.72 Å². The highest BCUT2D eigenvalue weighted by Gasteiger charge is 2.17. The molecule has 0 saturated heterocycles. The molecule has 0 amide bonds. The summed E-state index contributed by atoms with van der Waals surface area (Å²) in [6, 6.07) is 1.67. The summed E-state index contributed by atoms with van der Waals surface area (Å²) in [6.07, 6.45) is 3.44. The van der Waals surface area contributed by atoms with E-state index in [1.54, 1.807) is 6.07 Å². The second-order valence-electron chi connectivity index (χ2n) is 4.06. The number of unbranched alkanes of at least 4 members (excludes halogenated alkanes) is 3. The highest BCUT2D eigenvalue weighted by Crippen LogP contribution is 2.30. The second-order valence-corrected chi connectivity index (χ2v) is 8.42. The molecule has 4 nitrogen and oxygen atoms in total. The number of thiophene rings is 1. The molecule has 0 radical (unpaired) electrons. The van der Waals surface area contributed by atoms with Crippen LogP contribution in [0.5, 0.6) is 0 Å². The average molecular weight is 356 g/mol. The second kappa shape index (κ2) is 7.59. The molecule has 0 fully saturated rings. The van der Waals surface area contributed by atoms with Crippen molar-refractivity contribution in [3.05, 3.63) is 15.4 Å². The summed E-state index contributed by atoms with van der Waals surface area (Å²) in [5.74, 6) is 0. The Hall–Kier alpha value is 0.0500. The van der Waals surface area contributed by atoms with Gasteiger partial charge in [-0.15, -0.1) is 11.3 Å². The van der Waals surface area contributed by atoms with Crippen molar-refractivity contribution in [1.29, 1.82) is 0 Å². The molecule has 0 bridgehead atoms.